The summed E-state index contributed by atoms with van der Waals surface area (Å²) in [5.74, 6) is 1.11. The third-order valence-corrected chi connectivity index (χ3v) is 5.96. The fourth-order valence-corrected chi connectivity index (χ4v) is 4.11. The molecule has 2 amide bonds. The number of piperazine rings is 1. The minimum Gasteiger partial charge on any atom is -0.497 e. The van der Waals surface area contributed by atoms with Gasteiger partial charge in [-0.2, -0.15) is 0 Å². The van der Waals surface area contributed by atoms with E-state index in [0.717, 1.165) is 0 Å². The zero-order valence-corrected chi connectivity index (χ0v) is 19.5. The molecule has 0 radical (unpaired) electrons. The van der Waals surface area contributed by atoms with Crippen LogP contribution in [0.5, 0.6) is 11.5 Å². The number of benzene rings is 2. The normalized spacial score (nSPS) is 13.7. The zero-order chi connectivity index (χ0) is 23.5. The van der Waals surface area contributed by atoms with Gasteiger partial charge in [0.1, 0.15) is 11.5 Å². The molecule has 0 atom stereocenters. The molecule has 0 aliphatic carbocycles. The second-order valence-electron chi connectivity index (χ2n) is 7.35. The molecule has 2 aromatic carbocycles. The average Bonchev–Trinajstić information content (AvgIpc) is 3.33. The van der Waals surface area contributed by atoms with Crippen LogP contribution in [0.25, 0.3) is 11.3 Å². The molecule has 33 heavy (non-hydrogen) atoms. The summed E-state index contributed by atoms with van der Waals surface area (Å²) in [6, 6.07) is 11.6. The molecule has 1 saturated heterocycles. The SMILES string of the molecule is COc1ccc(OC)c(-c2cc(C(=O)N3CCN(C(=O)c4ccc(Cl)cc4Cl)CC3)no2)c1. The summed E-state index contributed by atoms with van der Waals surface area (Å²) in [7, 11) is 3.11. The van der Waals surface area contributed by atoms with Gasteiger partial charge in [0.25, 0.3) is 11.8 Å². The molecule has 172 valence electrons. The Hall–Kier alpha value is -3.23. The number of halogens is 2. The van der Waals surface area contributed by atoms with E-state index in [4.69, 9.17) is 37.2 Å². The number of ether oxygens (including phenoxy) is 2. The number of hydrogen-bond acceptors (Lipinski definition) is 6. The van der Waals surface area contributed by atoms with E-state index in [1.54, 1.807) is 60.4 Å². The first-order valence-electron chi connectivity index (χ1n) is 10.1. The van der Waals surface area contributed by atoms with Gasteiger partial charge in [0, 0.05) is 37.3 Å². The van der Waals surface area contributed by atoms with Gasteiger partial charge >= 0.3 is 0 Å². The summed E-state index contributed by atoms with van der Waals surface area (Å²) in [4.78, 5) is 29.1. The van der Waals surface area contributed by atoms with Crippen molar-refractivity contribution in [2.24, 2.45) is 0 Å². The Morgan fingerprint density at radius 3 is 2.24 bits per heavy atom. The van der Waals surface area contributed by atoms with Gasteiger partial charge in [0.05, 0.1) is 30.4 Å². The Labute approximate surface area is 200 Å². The summed E-state index contributed by atoms with van der Waals surface area (Å²) >= 11 is 12.1. The molecule has 0 unspecified atom stereocenters. The van der Waals surface area contributed by atoms with Crippen molar-refractivity contribution in [3.8, 4) is 22.8 Å². The monoisotopic (exact) mass is 489 g/mol. The summed E-state index contributed by atoms with van der Waals surface area (Å²) < 4.78 is 16.1. The third-order valence-electron chi connectivity index (χ3n) is 5.42. The predicted molar refractivity (Wildman–Crippen MR) is 123 cm³/mol. The molecular formula is C23H21Cl2N3O5. The van der Waals surface area contributed by atoms with E-state index in [0.29, 0.717) is 64.6 Å². The molecule has 0 N–H and O–H groups in total. The molecule has 2 heterocycles. The molecule has 4 rings (SSSR count). The quantitative estimate of drug-likeness (QED) is 0.532. The number of nitrogens with zero attached hydrogens (tertiary/aromatic N) is 3. The Morgan fingerprint density at radius 1 is 0.909 bits per heavy atom. The van der Waals surface area contributed by atoms with Crippen LogP contribution in [0.4, 0.5) is 0 Å². The van der Waals surface area contributed by atoms with E-state index in [1.165, 1.54) is 6.07 Å². The molecule has 1 fully saturated rings. The van der Waals surface area contributed by atoms with Crippen LogP contribution < -0.4 is 9.47 Å². The molecule has 8 nitrogen and oxygen atoms in total. The van der Waals surface area contributed by atoms with Crippen molar-refractivity contribution in [1.29, 1.82) is 0 Å². The van der Waals surface area contributed by atoms with Gasteiger partial charge in [0.2, 0.25) is 0 Å². The molecule has 1 aliphatic rings. The minimum atomic E-state index is -0.275. The van der Waals surface area contributed by atoms with Gasteiger partial charge in [-0.1, -0.05) is 28.4 Å². The highest BCUT2D eigenvalue weighted by Gasteiger charge is 2.28. The van der Waals surface area contributed by atoms with Gasteiger partial charge in [-0.25, -0.2) is 0 Å². The summed E-state index contributed by atoms with van der Waals surface area (Å²) in [5, 5.41) is 4.71. The van der Waals surface area contributed by atoms with E-state index in [1.807, 2.05) is 0 Å². The first-order valence-corrected chi connectivity index (χ1v) is 10.9. The average molecular weight is 490 g/mol. The van der Waals surface area contributed by atoms with Crippen molar-refractivity contribution in [2.45, 2.75) is 0 Å². The molecule has 1 aromatic heterocycles. The number of carbonyl (C=O) groups is 2. The van der Waals surface area contributed by atoms with Crippen molar-refractivity contribution in [2.75, 3.05) is 40.4 Å². The fourth-order valence-electron chi connectivity index (χ4n) is 3.62. The Bertz CT molecular complexity index is 1190. The van der Waals surface area contributed by atoms with Crippen LogP contribution in [0, 0.1) is 0 Å². The van der Waals surface area contributed by atoms with Gasteiger partial charge in [0.15, 0.2) is 11.5 Å². The smallest absolute Gasteiger partial charge is 0.276 e. The summed E-state index contributed by atoms with van der Waals surface area (Å²) in [5.41, 5.74) is 1.18. The van der Waals surface area contributed by atoms with Gasteiger partial charge < -0.3 is 23.8 Å². The highest BCUT2D eigenvalue weighted by Crippen LogP contribution is 2.34. The van der Waals surface area contributed by atoms with Gasteiger partial charge in [-0.15, -0.1) is 0 Å². The van der Waals surface area contributed by atoms with Crippen LogP contribution in [-0.2, 0) is 0 Å². The van der Waals surface area contributed by atoms with E-state index >= 15 is 0 Å². The number of carbonyl (C=O) groups excluding carboxylic acids is 2. The number of rotatable bonds is 5. The van der Waals surface area contributed by atoms with E-state index < -0.39 is 0 Å². The number of methoxy groups -OCH3 is 2. The molecule has 3 aromatic rings. The summed E-state index contributed by atoms with van der Waals surface area (Å²) in [6.07, 6.45) is 0. The standard InChI is InChI=1S/C23H21Cl2N3O5/c1-31-15-4-6-20(32-2)17(12-15)21-13-19(26-33-21)23(30)28-9-7-27(8-10-28)22(29)16-5-3-14(24)11-18(16)25/h3-6,11-13H,7-10H2,1-2H3. The second kappa shape index (κ2) is 9.72. The van der Waals surface area contributed by atoms with Crippen LogP contribution in [0.3, 0.4) is 0 Å². The lowest BCUT2D eigenvalue weighted by molar-refractivity contribution is 0.0530. The number of hydrogen-bond donors (Lipinski definition) is 0. The van der Waals surface area contributed by atoms with Crippen LogP contribution in [-0.4, -0.2) is 67.2 Å². The highest BCUT2D eigenvalue weighted by molar-refractivity contribution is 6.36. The van der Waals surface area contributed by atoms with Crippen LogP contribution in [0.2, 0.25) is 10.0 Å². The van der Waals surface area contributed by atoms with Gasteiger partial charge in [-0.3, -0.25) is 9.59 Å². The second-order valence-corrected chi connectivity index (χ2v) is 8.19. The number of aromatic nitrogens is 1. The predicted octanol–water partition coefficient (Wildman–Crippen LogP) is 4.26. The molecule has 0 saturated carbocycles. The highest BCUT2D eigenvalue weighted by atomic mass is 35.5. The summed E-state index contributed by atoms with van der Waals surface area (Å²) in [6.45, 7) is 1.47. The molecule has 10 heteroatoms. The largest absolute Gasteiger partial charge is 0.497 e. The lowest BCUT2D eigenvalue weighted by Gasteiger charge is -2.34. The van der Waals surface area contributed by atoms with Crippen LogP contribution in [0.1, 0.15) is 20.8 Å². The third kappa shape index (κ3) is 4.77. The maximum Gasteiger partial charge on any atom is 0.276 e. The van der Waals surface area contributed by atoms with Crippen molar-refractivity contribution < 1.29 is 23.6 Å². The topological polar surface area (TPSA) is 85.1 Å². The molecule has 0 spiro atoms. The van der Waals surface area contributed by atoms with Crippen molar-refractivity contribution in [3.63, 3.8) is 0 Å². The maximum absolute atomic E-state index is 13.0. The lowest BCUT2D eigenvalue weighted by atomic mass is 10.1. The van der Waals surface area contributed by atoms with Gasteiger partial charge in [-0.05, 0) is 36.4 Å². The molecular weight excluding hydrogens is 469 g/mol. The van der Waals surface area contributed by atoms with Crippen molar-refractivity contribution in [3.05, 3.63) is 63.8 Å². The van der Waals surface area contributed by atoms with Crippen molar-refractivity contribution in [1.82, 2.24) is 15.0 Å². The molecule has 1 aliphatic heterocycles. The van der Waals surface area contributed by atoms with E-state index in [2.05, 4.69) is 5.16 Å². The number of amides is 2. The molecule has 0 bridgehead atoms. The Balaban J connectivity index is 1.44. The van der Waals surface area contributed by atoms with Crippen LogP contribution >= 0.6 is 23.2 Å². The van der Waals surface area contributed by atoms with Crippen LogP contribution in [0.15, 0.2) is 47.0 Å². The first kappa shape index (κ1) is 22.9. The zero-order valence-electron chi connectivity index (χ0n) is 18.0. The van der Waals surface area contributed by atoms with E-state index in [9.17, 15) is 9.59 Å². The first-order chi connectivity index (χ1) is 15.9. The van der Waals surface area contributed by atoms with E-state index in [-0.39, 0.29) is 17.5 Å². The minimum absolute atomic E-state index is 0.176. The Morgan fingerprint density at radius 2 is 1.61 bits per heavy atom. The maximum atomic E-state index is 13.0. The Kier molecular flexibility index (Phi) is 6.76. The van der Waals surface area contributed by atoms with Crippen molar-refractivity contribution >= 4 is 35.0 Å². The lowest BCUT2D eigenvalue weighted by Crippen LogP contribution is -2.50. The fraction of sp³-hybridized carbons (Fsp3) is 0.261.